The van der Waals surface area contributed by atoms with Gasteiger partial charge in [0.25, 0.3) is 0 Å². The Bertz CT molecular complexity index is 1470. The molecule has 0 aromatic carbocycles. The van der Waals surface area contributed by atoms with E-state index in [4.69, 9.17) is 52.1 Å². The summed E-state index contributed by atoms with van der Waals surface area (Å²) in [5, 5.41) is 192. The monoisotopic (exact) mass is 958 g/mol. The topological polar surface area (TPSA) is 466 Å². The van der Waals surface area contributed by atoms with Crippen LogP contribution in [0.15, 0.2) is 0 Å². The van der Waals surface area contributed by atoms with E-state index in [0.717, 1.165) is 0 Å². The minimum atomic E-state index is -2.22. The van der Waals surface area contributed by atoms with E-state index in [2.05, 4.69) is 0 Å². The summed E-state index contributed by atoms with van der Waals surface area (Å²) in [6.07, 6.45) is -56.2. The van der Waals surface area contributed by atoms with Gasteiger partial charge in [0.05, 0.1) is 38.6 Å². The Balaban J connectivity index is 1.32. The molecule has 0 bridgehead atoms. The molecule has 6 saturated heterocycles. The van der Waals surface area contributed by atoms with E-state index in [-0.39, 0.29) is 0 Å². The van der Waals surface area contributed by atoms with Gasteiger partial charge in [-0.25, -0.2) is 0 Å². The van der Waals surface area contributed by atoms with Gasteiger partial charge in [0, 0.05) is 0 Å². The molecule has 6 aliphatic heterocycles. The van der Waals surface area contributed by atoms with Crippen LogP contribution in [0, 0.1) is 0 Å². The van der Waals surface area contributed by atoms with Crippen LogP contribution in [0.4, 0.5) is 0 Å². The molecule has 380 valence electrons. The van der Waals surface area contributed by atoms with Crippen LogP contribution >= 0.6 is 0 Å². The molecular formula is C36H62O29. The van der Waals surface area contributed by atoms with Crippen molar-refractivity contribution in [3.8, 4) is 0 Å². The molecule has 6 fully saturated rings. The molecule has 0 saturated carbocycles. The second kappa shape index (κ2) is 22.3. The highest BCUT2D eigenvalue weighted by atomic mass is 16.8. The molecule has 0 amide bonds. The number of hydrogen-bond acceptors (Lipinski definition) is 29. The Labute approximate surface area is 368 Å². The predicted molar refractivity (Wildman–Crippen MR) is 196 cm³/mol. The second-order valence-electron chi connectivity index (χ2n) is 16.7. The third-order valence-corrected chi connectivity index (χ3v) is 12.4. The number of rotatable bonds is 14. The molecule has 1 unspecified atom stereocenters. The third kappa shape index (κ3) is 10.8. The number of hydrogen-bond donors (Lipinski definition) is 18. The fourth-order valence-electron chi connectivity index (χ4n) is 8.37. The molecule has 0 aromatic rings. The first-order valence-electron chi connectivity index (χ1n) is 20.9. The van der Waals surface area contributed by atoms with Crippen LogP contribution in [0.3, 0.4) is 0 Å². The normalized spacial score (nSPS) is 54.6. The van der Waals surface area contributed by atoms with Crippen LogP contribution in [0.2, 0.25) is 0 Å². The average molecular weight is 959 g/mol. The quantitative estimate of drug-likeness (QED) is 0.0768. The second-order valence-corrected chi connectivity index (χ2v) is 16.7. The summed E-state index contributed by atoms with van der Waals surface area (Å²) in [5.41, 5.74) is 0. The fraction of sp³-hybridized carbons (Fsp3) is 1.00. The lowest BCUT2D eigenvalue weighted by molar-refractivity contribution is -0.413. The Kier molecular flexibility index (Phi) is 18.2. The van der Waals surface area contributed by atoms with Crippen molar-refractivity contribution in [1.29, 1.82) is 0 Å². The molecule has 0 aliphatic carbocycles. The molecule has 0 radical (unpaired) electrons. The molecule has 0 aromatic heterocycles. The molecule has 30 atom stereocenters. The molecule has 29 heteroatoms. The molecule has 0 spiro atoms. The van der Waals surface area contributed by atoms with E-state index in [0.29, 0.717) is 0 Å². The van der Waals surface area contributed by atoms with Gasteiger partial charge in [-0.15, -0.1) is 0 Å². The van der Waals surface area contributed by atoms with Crippen LogP contribution in [-0.2, 0) is 52.1 Å². The SMILES string of the molecule is C[C@@H]1O[C@@H](O[C@@H]2[C@@H](O)[C@H](O[C@H]3[C@H](O[C@@H]4[C@H](O)[C@@H](O)C(O)O[C@@H]4CO)O[C@H](CO)[C@@H](O)[C@@H]3O[C@@H]3O[C@H](CO)[C@@H](O[C@@H]4O[C@@H](C)[C@H](O)[C@@H](O)[C@H]4O)[C@H](O)[C@H]3O)O[C@H](CO)[C@H]2O)[C@H](O)[C@H](O)[C@H]1O. The first kappa shape index (κ1) is 53.2. The maximum atomic E-state index is 11.6. The highest BCUT2D eigenvalue weighted by molar-refractivity contribution is 5.00. The van der Waals surface area contributed by atoms with Crippen LogP contribution < -0.4 is 0 Å². The van der Waals surface area contributed by atoms with Gasteiger partial charge in [-0.1, -0.05) is 0 Å². The van der Waals surface area contributed by atoms with Gasteiger partial charge in [0.2, 0.25) is 0 Å². The lowest BCUT2D eigenvalue weighted by Crippen LogP contribution is -2.69. The van der Waals surface area contributed by atoms with E-state index in [9.17, 15) is 91.9 Å². The minimum Gasteiger partial charge on any atom is -0.394 e. The van der Waals surface area contributed by atoms with Crippen molar-refractivity contribution < 1.29 is 144 Å². The fourth-order valence-corrected chi connectivity index (χ4v) is 8.37. The van der Waals surface area contributed by atoms with Gasteiger partial charge >= 0.3 is 0 Å². The highest BCUT2D eigenvalue weighted by Crippen LogP contribution is 2.38. The van der Waals surface area contributed by atoms with Crippen molar-refractivity contribution in [3.63, 3.8) is 0 Å². The first-order chi connectivity index (χ1) is 30.7. The van der Waals surface area contributed by atoms with Crippen LogP contribution in [0.25, 0.3) is 0 Å². The summed E-state index contributed by atoms with van der Waals surface area (Å²) in [6.45, 7) is -1.38. The lowest BCUT2D eigenvalue weighted by Gasteiger charge is -2.51. The Morgan fingerprint density at radius 2 is 0.615 bits per heavy atom. The number of ether oxygens (including phenoxy) is 11. The summed E-state index contributed by atoms with van der Waals surface area (Å²) < 4.78 is 62.5. The van der Waals surface area contributed by atoms with Crippen LogP contribution in [-0.4, -0.2) is 303 Å². The van der Waals surface area contributed by atoms with Gasteiger partial charge in [0.1, 0.15) is 134 Å². The Morgan fingerprint density at radius 1 is 0.277 bits per heavy atom. The third-order valence-electron chi connectivity index (χ3n) is 12.4. The number of aliphatic hydroxyl groups is 18. The van der Waals surface area contributed by atoms with Gasteiger partial charge in [-0.2, -0.15) is 0 Å². The standard InChI is InChI=1S/C36H62O29/c1-7-13(41)17(45)22(50)32(55-7)61-27-12(6-40)60-34(24(52)20(27)48)64-29-16(44)10(4-38)59-36(62-26-11(5-39)57-31(54)21(49)19(26)47)30(29)65-35-25(53)28(15(43)9(3-37)58-35)63-33-23(51)18(46)14(42)8(2)56-33/h7-54H,3-6H2,1-2H3/t7-,8-,9+,10+,11+,12+,13-,14-,15+,16+,17+,18+,19+,20+,21+,22+,23+,24+,25+,26-,27+,28-,29-,30+,31?,32-,33-,34-,35-,36-/m0/s1. The van der Waals surface area contributed by atoms with E-state index in [1.807, 2.05) is 0 Å². The van der Waals surface area contributed by atoms with Gasteiger partial charge in [0.15, 0.2) is 37.7 Å². The van der Waals surface area contributed by atoms with E-state index < -0.39 is 211 Å². The molecule has 18 N–H and O–H groups in total. The minimum absolute atomic E-state index is 0.970. The van der Waals surface area contributed by atoms with Gasteiger partial charge in [-0.05, 0) is 13.8 Å². The summed E-state index contributed by atoms with van der Waals surface area (Å²) in [4.78, 5) is 0. The van der Waals surface area contributed by atoms with Crippen molar-refractivity contribution in [2.45, 2.75) is 198 Å². The van der Waals surface area contributed by atoms with Crippen molar-refractivity contribution in [2.75, 3.05) is 26.4 Å². The summed E-state index contributed by atoms with van der Waals surface area (Å²) >= 11 is 0. The maximum Gasteiger partial charge on any atom is 0.187 e. The largest absolute Gasteiger partial charge is 0.394 e. The van der Waals surface area contributed by atoms with E-state index >= 15 is 0 Å². The zero-order chi connectivity index (χ0) is 47.9. The molecule has 65 heavy (non-hydrogen) atoms. The van der Waals surface area contributed by atoms with Crippen molar-refractivity contribution >= 4 is 0 Å². The van der Waals surface area contributed by atoms with Crippen molar-refractivity contribution in [2.24, 2.45) is 0 Å². The first-order valence-corrected chi connectivity index (χ1v) is 20.9. The predicted octanol–water partition coefficient (Wildman–Crippen LogP) is -12.0. The van der Waals surface area contributed by atoms with E-state index in [1.54, 1.807) is 0 Å². The lowest BCUT2D eigenvalue weighted by atomic mass is 9.95. The van der Waals surface area contributed by atoms with Crippen LogP contribution in [0.1, 0.15) is 13.8 Å². The zero-order valence-corrected chi connectivity index (χ0v) is 34.7. The maximum absolute atomic E-state index is 11.6. The summed E-state index contributed by atoms with van der Waals surface area (Å²) in [6, 6.07) is 0. The van der Waals surface area contributed by atoms with E-state index in [1.165, 1.54) is 13.8 Å². The van der Waals surface area contributed by atoms with Crippen molar-refractivity contribution in [1.82, 2.24) is 0 Å². The average Bonchev–Trinajstić information content (AvgIpc) is 3.29. The molecular weight excluding hydrogens is 896 g/mol. The smallest absolute Gasteiger partial charge is 0.187 e. The summed E-state index contributed by atoms with van der Waals surface area (Å²) in [7, 11) is 0. The van der Waals surface area contributed by atoms with Gasteiger partial charge < -0.3 is 144 Å². The molecule has 6 heterocycles. The van der Waals surface area contributed by atoms with Crippen LogP contribution in [0.5, 0.6) is 0 Å². The zero-order valence-electron chi connectivity index (χ0n) is 34.7. The Hall–Kier alpha value is -1.16. The highest BCUT2D eigenvalue weighted by Gasteiger charge is 2.58. The molecule has 6 aliphatic rings. The molecule has 29 nitrogen and oxygen atoms in total. The Morgan fingerprint density at radius 3 is 1.12 bits per heavy atom. The van der Waals surface area contributed by atoms with Crippen molar-refractivity contribution in [3.05, 3.63) is 0 Å². The number of aliphatic hydroxyl groups excluding tert-OH is 18. The summed E-state index contributed by atoms with van der Waals surface area (Å²) in [5.74, 6) is 0. The molecule has 6 rings (SSSR count). The van der Waals surface area contributed by atoms with Gasteiger partial charge in [-0.3, -0.25) is 0 Å².